The van der Waals surface area contributed by atoms with E-state index in [0.717, 1.165) is 0 Å². The molecule has 0 radical (unpaired) electrons. The number of hydroxylamine groups is 1. The zero-order valence-corrected chi connectivity index (χ0v) is 15.2. The Kier molecular flexibility index (Phi) is 7.53. The molecule has 1 atom stereocenters. The lowest BCUT2D eigenvalue weighted by atomic mass is 9.88. The predicted molar refractivity (Wildman–Crippen MR) is 101 cm³/mol. The summed E-state index contributed by atoms with van der Waals surface area (Å²) in [7, 11) is -3.77. The molecule has 3 N–H and O–H groups in total. The van der Waals surface area contributed by atoms with Crippen LogP contribution in [0.5, 0.6) is 11.5 Å². The normalized spacial score (nSPS) is 12.6. The third-order valence-electron chi connectivity index (χ3n) is 3.82. The first kappa shape index (κ1) is 22.6. The average Bonchev–Trinajstić information content (AvgIpc) is 2.61. The minimum Gasteiger partial charge on any atom is -0.457 e. The van der Waals surface area contributed by atoms with E-state index in [9.17, 15) is 18.3 Å². The van der Waals surface area contributed by atoms with Crippen LogP contribution >= 0.6 is 0 Å². The summed E-state index contributed by atoms with van der Waals surface area (Å²) < 4.78 is 30.8. The van der Waals surface area contributed by atoms with E-state index in [-0.39, 0.29) is 12.3 Å². The highest BCUT2D eigenvalue weighted by Crippen LogP contribution is 2.28. The Morgan fingerprint density at radius 2 is 1.59 bits per heavy atom. The summed E-state index contributed by atoms with van der Waals surface area (Å²) in [6.07, 6.45) is -1.68. The number of hydrogen-bond acceptors (Lipinski definition) is 6. The molecule has 1 amide bonds. The topological polar surface area (TPSA) is 113 Å². The summed E-state index contributed by atoms with van der Waals surface area (Å²) in [5.74, 6) is -0.429. The van der Waals surface area contributed by atoms with Gasteiger partial charge in [-0.05, 0) is 36.4 Å². The maximum atomic E-state index is 12.6. The fraction of sp³-hybridized carbons (Fsp3) is 0.316. The van der Waals surface area contributed by atoms with Gasteiger partial charge in [0, 0.05) is 5.41 Å². The van der Waals surface area contributed by atoms with Gasteiger partial charge in [-0.2, -0.15) is 0 Å². The molecule has 2 aromatic carbocycles. The molecule has 0 aliphatic carbocycles. The van der Waals surface area contributed by atoms with Gasteiger partial charge >= 0.3 is 0 Å². The van der Waals surface area contributed by atoms with Crippen molar-refractivity contribution in [3.8, 4) is 11.5 Å². The van der Waals surface area contributed by atoms with Gasteiger partial charge in [-0.1, -0.05) is 39.5 Å². The smallest absolute Gasteiger partial charge is 0.272 e. The van der Waals surface area contributed by atoms with Crippen molar-refractivity contribution in [2.45, 2.75) is 32.3 Å². The van der Waals surface area contributed by atoms with Crippen LogP contribution in [0.3, 0.4) is 0 Å². The maximum Gasteiger partial charge on any atom is 0.272 e. The molecule has 0 fully saturated rings. The molecule has 0 bridgehead atoms. The van der Waals surface area contributed by atoms with Crippen LogP contribution in [0.15, 0.2) is 59.5 Å². The molecule has 0 aliphatic heterocycles. The van der Waals surface area contributed by atoms with Crippen LogP contribution in [0.1, 0.15) is 21.3 Å². The molecule has 0 saturated carbocycles. The maximum absolute atomic E-state index is 12.6. The van der Waals surface area contributed by atoms with Gasteiger partial charge in [-0.15, -0.1) is 0 Å². The molecular weight excluding hydrogens is 370 g/mol. The third kappa shape index (κ3) is 5.78. The van der Waals surface area contributed by atoms with Crippen LogP contribution in [0.4, 0.5) is 0 Å². The number of aliphatic hydroxyl groups is 1. The Labute approximate surface area is 159 Å². The molecule has 0 aliphatic rings. The lowest BCUT2D eigenvalue weighted by Gasteiger charge is -2.28. The second kappa shape index (κ2) is 8.98. The number of ether oxygens (including phenoxy) is 1. The van der Waals surface area contributed by atoms with Gasteiger partial charge < -0.3 is 9.84 Å². The number of carbonyl (C=O) groups excluding carboxylic acids is 1. The van der Waals surface area contributed by atoms with Crippen molar-refractivity contribution in [3.63, 3.8) is 0 Å². The largest absolute Gasteiger partial charge is 0.457 e. The summed E-state index contributed by atoms with van der Waals surface area (Å²) in [5, 5.41) is 18.5. The molecule has 0 saturated heterocycles. The van der Waals surface area contributed by atoms with Crippen LogP contribution in [-0.2, 0) is 14.6 Å². The molecule has 7 nitrogen and oxygen atoms in total. The number of hydrogen-bond donors (Lipinski definition) is 3. The second-order valence-corrected chi connectivity index (χ2v) is 8.50. The van der Waals surface area contributed by atoms with Gasteiger partial charge in [0.2, 0.25) is 0 Å². The molecule has 0 unspecified atom stereocenters. The molecule has 0 spiro atoms. The standard InChI is InChI=1S/C18H21NO6S.CH4/c1-18(2,16(20)17(21)19-22)12-26(23,24)15-10-8-14(9-11-15)25-13-6-4-3-5-7-13;/h3-11,16,20,22H,12H2,1-2H3,(H,19,21);1H4/t16-;/m0./s1. The van der Waals surface area contributed by atoms with Crippen molar-refractivity contribution in [1.82, 2.24) is 5.48 Å². The number of aliphatic hydroxyl groups excluding tert-OH is 1. The van der Waals surface area contributed by atoms with Crippen LogP contribution in [0.2, 0.25) is 0 Å². The first-order valence-corrected chi connectivity index (χ1v) is 9.49. The van der Waals surface area contributed by atoms with Gasteiger partial charge in [0.25, 0.3) is 5.91 Å². The summed E-state index contributed by atoms with van der Waals surface area (Å²) in [6, 6.07) is 14.9. The summed E-state index contributed by atoms with van der Waals surface area (Å²) >= 11 is 0. The molecule has 27 heavy (non-hydrogen) atoms. The van der Waals surface area contributed by atoms with Crippen LogP contribution < -0.4 is 10.2 Å². The Morgan fingerprint density at radius 1 is 1.07 bits per heavy atom. The van der Waals surface area contributed by atoms with Crippen molar-refractivity contribution in [1.29, 1.82) is 0 Å². The number of amides is 1. The average molecular weight is 395 g/mol. The van der Waals surface area contributed by atoms with Crippen molar-refractivity contribution < 1.29 is 28.3 Å². The van der Waals surface area contributed by atoms with E-state index < -0.39 is 33.0 Å². The Balaban J connectivity index is 0.00000364. The van der Waals surface area contributed by atoms with Gasteiger partial charge in [-0.3, -0.25) is 10.0 Å². The van der Waals surface area contributed by atoms with Crippen molar-refractivity contribution in [2.75, 3.05) is 5.75 Å². The summed E-state index contributed by atoms with van der Waals surface area (Å²) in [5.41, 5.74) is 0.0260. The third-order valence-corrected chi connectivity index (χ3v) is 5.94. The monoisotopic (exact) mass is 395 g/mol. The van der Waals surface area contributed by atoms with E-state index in [1.165, 1.54) is 43.6 Å². The summed E-state index contributed by atoms with van der Waals surface area (Å²) in [4.78, 5) is 11.4. The molecule has 0 heterocycles. The second-order valence-electron chi connectivity index (χ2n) is 6.51. The lowest BCUT2D eigenvalue weighted by Crippen LogP contribution is -2.46. The fourth-order valence-electron chi connectivity index (χ4n) is 2.41. The van der Waals surface area contributed by atoms with Crippen LogP contribution in [0.25, 0.3) is 0 Å². The predicted octanol–water partition coefficient (Wildman–Crippen LogP) is 2.78. The van der Waals surface area contributed by atoms with E-state index in [0.29, 0.717) is 11.5 Å². The number of sulfone groups is 1. The van der Waals surface area contributed by atoms with Crippen LogP contribution in [-0.4, -0.2) is 36.5 Å². The quantitative estimate of drug-likeness (QED) is 0.491. The first-order valence-electron chi connectivity index (χ1n) is 7.83. The summed E-state index contributed by atoms with van der Waals surface area (Å²) in [6.45, 7) is 2.86. The zero-order valence-electron chi connectivity index (χ0n) is 14.4. The number of benzene rings is 2. The fourth-order valence-corrected chi connectivity index (χ4v) is 4.26. The van der Waals surface area contributed by atoms with Crippen LogP contribution in [0, 0.1) is 5.41 Å². The van der Waals surface area contributed by atoms with E-state index in [1.807, 2.05) is 18.2 Å². The Bertz CT molecular complexity index is 848. The molecule has 8 heteroatoms. The van der Waals surface area contributed by atoms with Crippen molar-refractivity contribution >= 4 is 15.7 Å². The van der Waals surface area contributed by atoms with Crippen molar-refractivity contribution in [2.24, 2.45) is 5.41 Å². The molecule has 148 valence electrons. The van der Waals surface area contributed by atoms with E-state index in [1.54, 1.807) is 12.1 Å². The molecule has 0 aromatic heterocycles. The van der Waals surface area contributed by atoms with Gasteiger partial charge in [0.1, 0.15) is 17.6 Å². The first-order chi connectivity index (χ1) is 12.2. The van der Waals surface area contributed by atoms with E-state index in [2.05, 4.69) is 0 Å². The Morgan fingerprint density at radius 3 is 2.11 bits per heavy atom. The highest BCUT2D eigenvalue weighted by atomic mass is 32.2. The van der Waals surface area contributed by atoms with Gasteiger partial charge in [-0.25, -0.2) is 13.9 Å². The zero-order chi connectivity index (χ0) is 19.4. The Hall–Kier alpha value is -2.42. The highest BCUT2D eigenvalue weighted by Gasteiger charge is 2.38. The molecule has 2 aromatic rings. The number of rotatable bonds is 7. The minimum atomic E-state index is -3.77. The van der Waals surface area contributed by atoms with Gasteiger partial charge in [0.15, 0.2) is 9.84 Å². The number of para-hydroxylation sites is 1. The number of nitrogens with one attached hydrogen (secondary N) is 1. The van der Waals surface area contributed by atoms with Crippen molar-refractivity contribution in [3.05, 3.63) is 54.6 Å². The number of carbonyl (C=O) groups is 1. The molecule has 2 rings (SSSR count). The minimum absolute atomic E-state index is 0. The highest BCUT2D eigenvalue weighted by molar-refractivity contribution is 7.91. The molecular formula is C19H25NO6S. The van der Waals surface area contributed by atoms with E-state index in [4.69, 9.17) is 9.94 Å². The van der Waals surface area contributed by atoms with Gasteiger partial charge in [0.05, 0.1) is 10.6 Å². The lowest BCUT2D eigenvalue weighted by molar-refractivity contribution is -0.143. The SMILES string of the molecule is C.CC(C)(CS(=O)(=O)c1ccc(Oc2ccccc2)cc1)[C@@H](O)C(=O)NO. The van der Waals surface area contributed by atoms with E-state index >= 15 is 0 Å².